The van der Waals surface area contributed by atoms with Gasteiger partial charge in [-0.25, -0.2) is 0 Å². The molecule has 3 aromatic carbocycles. The molecule has 0 N–H and O–H groups in total. The molecule has 0 amide bonds. The highest BCUT2D eigenvalue weighted by atomic mass is 31.2. The lowest BCUT2D eigenvalue weighted by Gasteiger charge is -2.19. The molecule has 0 spiro atoms. The van der Waals surface area contributed by atoms with Crippen LogP contribution in [0.3, 0.4) is 0 Å². The van der Waals surface area contributed by atoms with Gasteiger partial charge in [-0.05, 0) is 42.3 Å². The molecule has 0 saturated carbocycles. The Hall–Kier alpha value is -2.51. The molecule has 0 aliphatic carbocycles. The number of hydrogen-bond donors (Lipinski definition) is 0. The highest BCUT2D eigenvalue weighted by Crippen LogP contribution is 2.43. The van der Waals surface area contributed by atoms with Gasteiger partial charge in [0, 0.05) is 0 Å². The number of rotatable bonds is 7. The lowest BCUT2D eigenvalue weighted by Crippen LogP contribution is -2.03. The van der Waals surface area contributed by atoms with E-state index in [-0.39, 0.29) is 0 Å². The van der Waals surface area contributed by atoms with Crippen molar-refractivity contribution in [3.8, 4) is 17.2 Å². The first kappa shape index (κ1) is 16.4. The van der Waals surface area contributed by atoms with Crippen LogP contribution in [-0.2, 0) is 6.42 Å². The number of hydrogen-bond acceptors (Lipinski definition) is 3. The minimum atomic E-state index is -1.61. The second-order valence-electron chi connectivity index (χ2n) is 5.08. The van der Waals surface area contributed by atoms with Crippen LogP contribution in [0.1, 0.15) is 12.5 Å². The van der Waals surface area contributed by atoms with E-state index in [1.807, 2.05) is 84.9 Å². The van der Waals surface area contributed by atoms with Crippen molar-refractivity contribution in [2.75, 3.05) is 0 Å². The van der Waals surface area contributed by atoms with Gasteiger partial charge < -0.3 is 13.6 Å². The highest BCUT2D eigenvalue weighted by molar-refractivity contribution is 7.43. The molecule has 3 aromatic rings. The summed E-state index contributed by atoms with van der Waals surface area (Å²) in [6.45, 7) is 2.10. The zero-order valence-corrected chi connectivity index (χ0v) is 14.4. The zero-order chi connectivity index (χ0) is 16.6. The maximum absolute atomic E-state index is 6.06. The molecule has 0 unspecified atom stereocenters. The van der Waals surface area contributed by atoms with Crippen LogP contribution in [0.25, 0.3) is 0 Å². The summed E-state index contributed by atoms with van der Waals surface area (Å²) in [5.74, 6) is 2.22. The summed E-state index contributed by atoms with van der Waals surface area (Å²) in [5, 5.41) is 0. The third-order valence-electron chi connectivity index (χ3n) is 3.37. The Bertz CT molecular complexity index is 706. The van der Waals surface area contributed by atoms with Gasteiger partial charge in [0.2, 0.25) is 0 Å². The maximum Gasteiger partial charge on any atom is 0.530 e. The normalized spacial score (nSPS) is 10.4. The maximum atomic E-state index is 6.06. The number of aryl methyl sites for hydroxylation is 1. The van der Waals surface area contributed by atoms with Crippen molar-refractivity contribution in [2.24, 2.45) is 0 Å². The van der Waals surface area contributed by atoms with Crippen LogP contribution in [0, 0.1) is 0 Å². The summed E-state index contributed by atoms with van der Waals surface area (Å²) < 4.78 is 17.9. The molecular weight excluding hydrogens is 319 g/mol. The summed E-state index contributed by atoms with van der Waals surface area (Å²) in [4.78, 5) is 0. The summed E-state index contributed by atoms with van der Waals surface area (Å²) >= 11 is 0. The number of benzene rings is 3. The summed E-state index contributed by atoms with van der Waals surface area (Å²) in [7, 11) is -1.61. The fourth-order valence-corrected chi connectivity index (χ4v) is 3.19. The van der Waals surface area contributed by atoms with Gasteiger partial charge in [0.05, 0.1) is 0 Å². The first-order valence-corrected chi connectivity index (χ1v) is 8.96. The standard InChI is InChI=1S/C20H19O3P/c1-2-17-11-9-10-16-20(17)23-24(21-18-12-5-3-6-13-18)22-19-14-7-4-8-15-19/h3-16H,2H2,1H3. The molecule has 0 fully saturated rings. The van der Waals surface area contributed by atoms with Crippen LogP contribution >= 0.6 is 8.60 Å². The van der Waals surface area contributed by atoms with E-state index in [9.17, 15) is 0 Å². The van der Waals surface area contributed by atoms with Crippen molar-refractivity contribution in [3.63, 3.8) is 0 Å². The van der Waals surface area contributed by atoms with Gasteiger partial charge in [-0.3, -0.25) is 0 Å². The molecule has 0 saturated heterocycles. The van der Waals surface area contributed by atoms with Crippen molar-refractivity contribution in [3.05, 3.63) is 90.5 Å². The van der Waals surface area contributed by atoms with Crippen molar-refractivity contribution in [2.45, 2.75) is 13.3 Å². The first-order valence-electron chi connectivity index (χ1n) is 7.87. The van der Waals surface area contributed by atoms with Crippen LogP contribution in [0.4, 0.5) is 0 Å². The Labute approximate surface area is 143 Å². The van der Waals surface area contributed by atoms with E-state index in [0.29, 0.717) is 11.5 Å². The molecule has 0 aliphatic heterocycles. The van der Waals surface area contributed by atoms with E-state index in [2.05, 4.69) is 6.92 Å². The molecule has 0 radical (unpaired) electrons. The zero-order valence-electron chi connectivity index (χ0n) is 13.5. The minimum Gasteiger partial charge on any atom is -0.409 e. The fraction of sp³-hybridized carbons (Fsp3) is 0.100. The van der Waals surface area contributed by atoms with Crippen molar-refractivity contribution < 1.29 is 13.6 Å². The Balaban J connectivity index is 1.81. The first-order chi connectivity index (χ1) is 11.8. The van der Waals surface area contributed by atoms with E-state index < -0.39 is 8.60 Å². The molecule has 3 rings (SSSR count). The molecule has 0 aliphatic rings. The van der Waals surface area contributed by atoms with Crippen molar-refractivity contribution in [1.29, 1.82) is 0 Å². The minimum absolute atomic E-state index is 0.716. The smallest absolute Gasteiger partial charge is 0.409 e. The van der Waals surface area contributed by atoms with Gasteiger partial charge in [0.25, 0.3) is 0 Å². The van der Waals surface area contributed by atoms with Gasteiger partial charge >= 0.3 is 8.60 Å². The monoisotopic (exact) mass is 338 g/mol. The largest absolute Gasteiger partial charge is 0.530 e. The van der Waals surface area contributed by atoms with Gasteiger partial charge in [0.1, 0.15) is 17.2 Å². The van der Waals surface area contributed by atoms with Gasteiger partial charge in [0.15, 0.2) is 0 Å². The fourth-order valence-electron chi connectivity index (χ4n) is 2.16. The average Bonchev–Trinajstić information content (AvgIpc) is 2.64. The Morgan fingerprint density at radius 2 is 1.12 bits per heavy atom. The quantitative estimate of drug-likeness (QED) is 0.494. The van der Waals surface area contributed by atoms with E-state index >= 15 is 0 Å². The average molecular weight is 338 g/mol. The van der Waals surface area contributed by atoms with Gasteiger partial charge in [-0.1, -0.05) is 61.5 Å². The summed E-state index contributed by atoms with van der Waals surface area (Å²) in [5.41, 5.74) is 1.12. The predicted molar refractivity (Wildman–Crippen MR) is 97.5 cm³/mol. The topological polar surface area (TPSA) is 27.7 Å². The third kappa shape index (κ3) is 4.50. The van der Waals surface area contributed by atoms with E-state index in [1.165, 1.54) is 0 Å². The third-order valence-corrected chi connectivity index (χ3v) is 4.44. The lowest BCUT2D eigenvalue weighted by molar-refractivity contribution is 0.386. The van der Waals surface area contributed by atoms with Gasteiger partial charge in [-0.15, -0.1) is 0 Å². The van der Waals surface area contributed by atoms with Gasteiger partial charge in [-0.2, -0.15) is 0 Å². The molecular formula is C20H19O3P. The van der Waals surface area contributed by atoms with Crippen LogP contribution in [0.15, 0.2) is 84.9 Å². The summed E-state index contributed by atoms with van der Waals surface area (Å²) in [6, 6.07) is 27.1. The molecule has 0 aromatic heterocycles. The SMILES string of the molecule is CCc1ccccc1OP(Oc1ccccc1)Oc1ccccc1. The molecule has 4 heteroatoms. The van der Waals surface area contributed by atoms with E-state index in [4.69, 9.17) is 13.6 Å². The Morgan fingerprint density at radius 3 is 1.67 bits per heavy atom. The van der Waals surface area contributed by atoms with Crippen LogP contribution < -0.4 is 13.6 Å². The molecule has 122 valence electrons. The van der Waals surface area contributed by atoms with Crippen LogP contribution in [0.2, 0.25) is 0 Å². The predicted octanol–water partition coefficient (Wildman–Crippen LogP) is 6.01. The lowest BCUT2D eigenvalue weighted by atomic mass is 10.1. The van der Waals surface area contributed by atoms with Crippen molar-refractivity contribution in [1.82, 2.24) is 0 Å². The summed E-state index contributed by atoms with van der Waals surface area (Å²) in [6.07, 6.45) is 0.885. The Morgan fingerprint density at radius 1 is 0.625 bits per heavy atom. The van der Waals surface area contributed by atoms with Crippen molar-refractivity contribution >= 4 is 8.60 Å². The second-order valence-corrected chi connectivity index (χ2v) is 6.08. The second kappa shape index (κ2) is 8.37. The van der Waals surface area contributed by atoms with Crippen LogP contribution in [-0.4, -0.2) is 0 Å². The molecule has 0 bridgehead atoms. The molecule has 0 heterocycles. The highest BCUT2D eigenvalue weighted by Gasteiger charge is 2.20. The number of para-hydroxylation sites is 3. The molecule has 24 heavy (non-hydrogen) atoms. The van der Waals surface area contributed by atoms with E-state index in [1.54, 1.807) is 0 Å². The molecule has 0 atom stereocenters. The van der Waals surface area contributed by atoms with Crippen LogP contribution in [0.5, 0.6) is 17.2 Å². The van der Waals surface area contributed by atoms with E-state index in [0.717, 1.165) is 17.7 Å². The Kier molecular flexibility index (Phi) is 5.70. The molecule has 3 nitrogen and oxygen atoms in total.